The highest BCUT2D eigenvalue weighted by molar-refractivity contribution is 6.07. The third-order valence-corrected chi connectivity index (χ3v) is 4.38. The monoisotopic (exact) mass is 446 g/mol. The van der Waals surface area contributed by atoms with Crippen LogP contribution in [0, 0.1) is 0 Å². The first-order valence-electron chi connectivity index (χ1n) is 10.6. The summed E-state index contributed by atoms with van der Waals surface area (Å²) in [5, 5.41) is 7.74. The van der Waals surface area contributed by atoms with Crippen LogP contribution in [-0.2, 0) is 6.54 Å². The third-order valence-electron chi connectivity index (χ3n) is 4.38. The summed E-state index contributed by atoms with van der Waals surface area (Å²) in [5.41, 5.74) is 0.0378. The molecule has 8 nitrogen and oxygen atoms in total. The van der Waals surface area contributed by atoms with Crippen molar-refractivity contribution >= 4 is 17.2 Å². The highest BCUT2D eigenvalue weighted by atomic mass is 19.4. The average Bonchev–Trinajstić information content (AvgIpc) is 3.29. The number of pyridine rings is 2. The lowest BCUT2D eigenvalue weighted by atomic mass is 10.1. The van der Waals surface area contributed by atoms with Crippen molar-refractivity contribution in [2.45, 2.75) is 12.9 Å². The number of benzene rings is 1. The first kappa shape index (κ1) is 17.5. The van der Waals surface area contributed by atoms with Crippen LogP contribution in [0.25, 0.3) is 5.52 Å². The average molecular weight is 446 g/mol. The molecule has 4 rings (SSSR count). The standard InChI is InChI=1S/C21H16F3N5O3/c1-31-19-16(8-5-11-25-19)20(30)28(18-10-4-7-15-12-26-27-29(15)18)13-14-6-2-3-9-17(14)32-21(22,23)24/h2-12H,13H2,1H3/i5D,8D,11D. The highest BCUT2D eigenvalue weighted by Gasteiger charge is 2.33. The molecule has 0 radical (unpaired) electrons. The fraction of sp³-hybridized carbons (Fsp3) is 0.143. The maximum Gasteiger partial charge on any atom is 0.573 e. The van der Waals surface area contributed by atoms with E-state index in [9.17, 15) is 18.0 Å². The molecular formula is C21H16F3N5O3. The van der Waals surface area contributed by atoms with Gasteiger partial charge in [-0.1, -0.05) is 29.5 Å². The van der Waals surface area contributed by atoms with Crippen molar-refractivity contribution in [3.8, 4) is 11.6 Å². The van der Waals surface area contributed by atoms with Gasteiger partial charge in [0.1, 0.15) is 17.1 Å². The van der Waals surface area contributed by atoms with Crippen LogP contribution in [0.1, 0.15) is 20.0 Å². The van der Waals surface area contributed by atoms with Crippen LogP contribution < -0.4 is 14.4 Å². The normalized spacial score (nSPS) is 12.7. The van der Waals surface area contributed by atoms with Gasteiger partial charge in [-0.2, -0.15) is 4.52 Å². The van der Waals surface area contributed by atoms with Gasteiger partial charge in [0.05, 0.1) is 29.5 Å². The Balaban J connectivity index is 1.90. The van der Waals surface area contributed by atoms with E-state index in [1.54, 1.807) is 12.1 Å². The van der Waals surface area contributed by atoms with Gasteiger partial charge in [-0.25, -0.2) is 4.98 Å². The number of hydrogen-bond donors (Lipinski definition) is 0. The molecule has 4 aromatic rings. The van der Waals surface area contributed by atoms with E-state index in [-0.39, 0.29) is 17.3 Å². The van der Waals surface area contributed by atoms with Gasteiger partial charge in [0, 0.05) is 11.7 Å². The Hall–Kier alpha value is -4.15. The molecule has 0 unspecified atom stereocenters. The van der Waals surface area contributed by atoms with Gasteiger partial charge in [0.2, 0.25) is 5.88 Å². The molecular weight excluding hydrogens is 427 g/mol. The summed E-state index contributed by atoms with van der Waals surface area (Å²) in [6, 6.07) is 8.77. The van der Waals surface area contributed by atoms with Crippen LogP contribution in [0.4, 0.5) is 19.0 Å². The minimum absolute atomic E-state index is 0.00282. The number of nitrogens with zero attached hydrogens (tertiary/aromatic N) is 5. The maximum atomic E-state index is 13.8. The molecule has 3 aromatic heterocycles. The van der Waals surface area contributed by atoms with Crippen LogP contribution in [0.15, 0.2) is 66.9 Å². The number of anilines is 1. The molecule has 0 saturated carbocycles. The molecule has 0 spiro atoms. The number of amides is 1. The summed E-state index contributed by atoms with van der Waals surface area (Å²) in [7, 11) is 1.18. The second-order valence-electron chi connectivity index (χ2n) is 6.36. The van der Waals surface area contributed by atoms with Crippen LogP contribution in [0.3, 0.4) is 0 Å². The van der Waals surface area contributed by atoms with Crippen LogP contribution in [0.5, 0.6) is 11.6 Å². The molecule has 0 fully saturated rings. The van der Waals surface area contributed by atoms with Crippen molar-refractivity contribution in [2.75, 3.05) is 12.0 Å². The van der Waals surface area contributed by atoms with Gasteiger partial charge in [-0.15, -0.1) is 18.3 Å². The van der Waals surface area contributed by atoms with Gasteiger partial charge in [-0.05, 0) is 30.3 Å². The van der Waals surface area contributed by atoms with Crippen LogP contribution in [0.2, 0.25) is 0 Å². The molecule has 0 saturated heterocycles. The summed E-state index contributed by atoms with van der Waals surface area (Å²) in [6.45, 7) is -0.442. The zero-order valence-corrected chi connectivity index (χ0v) is 16.4. The number of para-hydroxylation sites is 1. The van der Waals surface area contributed by atoms with E-state index >= 15 is 0 Å². The second-order valence-corrected chi connectivity index (χ2v) is 6.36. The lowest BCUT2D eigenvalue weighted by Gasteiger charge is -2.25. The van der Waals surface area contributed by atoms with E-state index in [1.165, 1.54) is 42.1 Å². The van der Waals surface area contributed by atoms with Gasteiger partial charge < -0.3 is 9.47 Å². The van der Waals surface area contributed by atoms with Gasteiger partial charge in [0.15, 0.2) is 0 Å². The summed E-state index contributed by atoms with van der Waals surface area (Å²) in [6.07, 6.45) is -4.12. The molecule has 0 aliphatic carbocycles. The third kappa shape index (κ3) is 4.31. The molecule has 3 heterocycles. The quantitative estimate of drug-likeness (QED) is 0.447. The van der Waals surface area contributed by atoms with Crippen molar-refractivity contribution in [3.05, 3.63) is 78.0 Å². The summed E-state index contributed by atoms with van der Waals surface area (Å²) in [5.74, 6) is -1.72. The Morgan fingerprint density at radius 1 is 1.22 bits per heavy atom. The molecule has 0 bridgehead atoms. The fourth-order valence-corrected chi connectivity index (χ4v) is 3.03. The van der Waals surface area contributed by atoms with E-state index in [1.807, 2.05) is 0 Å². The number of fused-ring (bicyclic) bond motifs is 1. The molecule has 1 aromatic carbocycles. The van der Waals surface area contributed by atoms with Crippen molar-refractivity contribution in [3.63, 3.8) is 0 Å². The van der Waals surface area contributed by atoms with Gasteiger partial charge >= 0.3 is 6.36 Å². The van der Waals surface area contributed by atoms with E-state index in [0.29, 0.717) is 5.52 Å². The number of methoxy groups -OCH3 is 1. The summed E-state index contributed by atoms with van der Waals surface area (Å²) >= 11 is 0. The van der Waals surface area contributed by atoms with E-state index in [2.05, 4.69) is 20.0 Å². The SMILES string of the molecule is [2H]c1nc(OC)c(C(=O)N(Cc2ccccc2OC(F)(F)F)c2cccc3cnnn23)c([2H])c1[2H]. The number of alkyl halides is 3. The van der Waals surface area contributed by atoms with Crippen molar-refractivity contribution in [1.29, 1.82) is 0 Å². The minimum atomic E-state index is -4.97. The molecule has 0 aliphatic heterocycles. The molecule has 0 atom stereocenters. The number of rotatable bonds is 6. The molecule has 11 heteroatoms. The molecule has 1 amide bonds. The van der Waals surface area contributed by atoms with Gasteiger partial charge in [0.25, 0.3) is 5.91 Å². The lowest BCUT2D eigenvalue weighted by molar-refractivity contribution is -0.274. The molecule has 0 N–H and O–H groups in total. The molecule has 32 heavy (non-hydrogen) atoms. The molecule has 0 aliphatic rings. The predicted molar refractivity (Wildman–Crippen MR) is 107 cm³/mol. The van der Waals surface area contributed by atoms with E-state index < -0.39 is 48.4 Å². The number of carbonyl (C=O) groups is 1. The Labute approximate surface area is 184 Å². The summed E-state index contributed by atoms with van der Waals surface area (Å²) in [4.78, 5) is 18.6. The molecule has 164 valence electrons. The number of aromatic nitrogens is 4. The number of carbonyl (C=O) groups excluding carboxylic acids is 1. The zero-order chi connectivity index (χ0) is 25.3. The largest absolute Gasteiger partial charge is 0.573 e. The highest BCUT2D eigenvalue weighted by Crippen LogP contribution is 2.30. The first-order chi connectivity index (χ1) is 16.6. The number of hydrogen-bond acceptors (Lipinski definition) is 6. The fourth-order valence-electron chi connectivity index (χ4n) is 3.03. The van der Waals surface area contributed by atoms with Crippen molar-refractivity contribution in [2.24, 2.45) is 0 Å². The smallest absolute Gasteiger partial charge is 0.480 e. The van der Waals surface area contributed by atoms with E-state index in [0.717, 1.165) is 11.0 Å². The Bertz CT molecular complexity index is 1410. The second kappa shape index (κ2) is 8.53. The number of halogens is 3. The van der Waals surface area contributed by atoms with Crippen LogP contribution >= 0.6 is 0 Å². The Morgan fingerprint density at radius 2 is 2.03 bits per heavy atom. The Morgan fingerprint density at radius 3 is 2.81 bits per heavy atom. The number of ether oxygens (including phenoxy) is 2. The minimum Gasteiger partial charge on any atom is -0.480 e. The zero-order valence-electron chi connectivity index (χ0n) is 19.4. The summed E-state index contributed by atoms with van der Waals surface area (Å²) < 4.78 is 73.4. The first-order valence-corrected chi connectivity index (χ1v) is 9.07. The Kier molecular flexibility index (Phi) is 4.67. The van der Waals surface area contributed by atoms with Crippen molar-refractivity contribution < 1.29 is 31.6 Å². The predicted octanol–water partition coefficient (Wildman–Crippen LogP) is 3.88. The van der Waals surface area contributed by atoms with Crippen LogP contribution in [-0.4, -0.2) is 39.2 Å². The topological polar surface area (TPSA) is 81.8 Å². The lowest BCUT2D eigenvalue weighted by Crippen LogP contribution is -2.33. The van der Waals surface area contributed by atoms with E-state index in [4.69, 9.17) is 8.85 Å². The van der Waals surface area contributed by atoms with Gasteiger partial charge in [-0.3, -0.25) is 9.69 Å². The maximum absolute atomic E-state index is 13.8. The van der Waals surface area contributed by atoms with Crippen molar-refractivity contribution in [1.82, 2.24) is 19.8 Å².